The molecule has 0 spiro atoms. The molecule has 0 saturated carbocycles. The number of carbonyl (C=O) groups excluding carboxylic acids is 1. The topological polar surface area (TPSA) is 67.0 Å². The average Bonchev–Trinajstić information content (AvgIpc) is 2.93. The molecule has 2 aromatic rings. The zero-order valence-corrected chi connectivity index (χ0v) is 13.3. The number of anilines is 1. The molecule has 5 nitrogen and oxygen atoms in total. The van der Waals surface area contributed by atoms with Gasteiger partial charge in [0.15, 0.2) is 12.3 Å². The molecule has 0 aliphatic heterocycles. The number of carbonyl (C=O) groups is 1. The number of aromatic nitrogens is 2. The van der Waals surface area contributed by atoms with E-state index in [1.54, 1.807) is 6.07 Å². The van der Waals surface area contributed by atoms with Crippen LogP contribution in [-0.4, -0.2) is 28.9 Å². The van der Waals surface area contributed by atoms with Crippen LogP contribution in [0.3, 0.4) is 0 Å². The summed E-state index contributed by atoms with van der Waals surface area (Å²) in [6, 6.07) is 7.32. The van der Waals surface area contributed by atoms with Gasteiger partial charge in [0.2, 0.25) is 0 Å². The normalized spacial score (nSPS) is 11.6. The number of nitrogens with one attached hydrogen (secondary N) is 2. The number of ether oxygens (including phenoxy) is 1. The van der Waals surface area contributed by atoms with E-state index in [1.807, 2.05) is 0 Å². The first kappa shape index (κ1) is 17.8. The molecule has 1 heterocycles. The van der Waals surface area contributed by atoms with Crippen LogP contribution in [0.25, 0.3) is 0 Å². The van der Waals surface area contributed by atoms with E-state index in [9.17, 15) is 18.0 Å². The number of hydrogen-bond acceptors (Lipinski definition) is 3. The Morgan fingerprint density at radius 2 is 1.96 bits per heavy atom. The van der Waals surface area contributed by atoms with Crippen molar-refractivity contribution in [2.24, 2.45) is 5.92 Å². The van der Waals surface area contributed by atoms with Crippen LogP contribution in [-0.2, 0) is 6.42 Å². The Bertz CT molecular complexity index is 679. The summed E-state index contributed by atoms with van der Waals surface area (Å²) in [5.41, 5.74) is 1.56. The van der Waals surface area contributed by atoms with Crippen molar-refractivity contribution in [2.75, 3.05) is 11.9 Å². The Balaban J connectivity index is 1.93. The minimum absolute atomic E-state index is 0.0734. The van der Waals surface area contributed by atoms with Crippen LogP contribution >= 0.6 is 0 Å². The van der Waals surface area contributed by atoms with Gasteiger partial charge in [0.25, 0.3) is 5.91 Å². The Labute approximate surface area is 137 Å². The second kappa shape index (κ2) is 7.37. The molecule has 1 amide bonds. The molecule has 24 heavy (non-hydrogen) atoms. The maximum Gasteiger partial charge on any atom is 0.422 e. The Morgan fingerprint density at radius 3 is 2.54 bits per heavy atom. The molecule has 0 bridgehead atoms. The van der Waals surface area contributed by atoms with E-state index in [-0.39, 0.29) is 11.4 Å². The van der Waals surface area contributed by atoms with Gasteiger partial charge in [-0.25, -0.2) is 0 Å². The van der Waals surface area contributed by atoms with Crippen LogP contribution in [0, 0.1) is 5.92 Å². The summed E-state index contributed by atoms with van der Waals surface area (Å²) in [7, 11) is 0. The second-order valence-electron chi connectivity index (χ2n) is 5.76. The third-order valence-electron chi connectivity index (χ3n) is 3.01. The molecular weight excluding hydrogens is 323 g/mol. The second-order valence-corrected chi connectivity index (χ2v) is 5.76. The Morgan fingerprint density at radius 1 is 1.29 bits per heavy atom. The lowest BCUT2D eigenvalue weighted by Crippen LogP contribution is -2.19. The average molecular weight is 341 g/mol. The smallest absolute Gasteiger partial charge is 0.422 e. The number of halogens is 3. The molecule has 2 N–H and O–H groups in total. The van der Waals surface area contributed by atoms with E-state index in [0.29, 0.717) is 11.6 Å². The predicted molar refractivity (Wildman–Crippen MR) is 83.1 cm³/mol. The molecule has 8 heteroatoms. The van der Waals surface area contributed by atoms with Gasteiger partial charge in [0.1, 0.15) is 5.75 Å². The lowest BCUT2D eigenvalue weighted by molar-refractivity contribution is -0.153. The van der Waals surface area contributed by atoms with Crippen molar-refractivity contribution in [2.45, 2.75) is 26.4 Å². The zero-order valence-electron chi connectivity index (χ0n) is 13.3. The molecule has 0 saturated heterocycles. The number of rotatable bonds is 6. The van der Waals surface area contributed by atoms with Gasteiger partial charge in [0, 0.05) is 11.4 Å². The van der Waals surface area contributed by atoms with Gasteiger partial charge < -0.3 is 10.1 Å². The third-order valence-corrected chi connectivity index (χ3v) is 3.01. The van der Waals surface area contributed by atoms with E-state index < -0.39 is 18.7 Å². The highest BCUT2D eigenvalue weighted by Gasteiger charge is 2.28. The van der Waals surface area contributed by atoms with Crippen molar-refractivity contribution in [3.8, 4) is 5.75 Å². The molecule has 0 fully saturated rings. The van der Waals surface area contributed by atoms with E-state index in [4.69, 9.17) is 0 Å². The highest BCUT2D eigenvalue weighted by Crippen LogP contribution is 2.20. The van der Waals surface area contributed by atoms with Gasteiger partial charge in [0.05, 0.1) is 0 Å². The number of H-pyrrole nitrogens is 1. The van der Waals surface area contributed by atoms with Gasteiger partial charge in [-0.1, -0.05) is 13.8 Å². The molecular formula is C16H18F3N3O2. The van der Waals surface area contributed by atoms with E-state index >= 15 is 0 Å². The molecule has 0 unspecified atom stereocenters. The molecule has 1 aromatic heterocycles. The SMILES string of the molecule is CC(C)Cc1cc(C(=O)Nc2ccc(OCC(F)(F)F)cc2)n[nH]1. The molecule has 0 atom stereocenters. The standard InChI is InChI=1S/C16H18F3N3O2/c1-10(2)7-12-8-14(22-21-12)15(23)20-11-3-5-13(6-4-11)24-9-16(17,18)19/h3-6,8,10H,7,9H2,1-2H3,(H,20,23)(H,21,22). The summed E-state index contributed by atoms with van der Waals surface area (Å²) in [4.78, 5) is 12.1. The summed E-state index contributed by atoms with van der Waals surface area (Å²) >= 11 is 0. The molecule has 0 radical (unpaired) electrons. The number of aromatic amines is 1. The van der Waals surface area contributed by atoms with Crippen molar-refractivity contribution in [3.05, 3.63) is 41.7 Å². The van der Waals surface area contributed by atoms with E-state index in [0.717, 1.165) is 12.1 Å². The zero-order chi connectivity index (χ0) is 17.7. The first-order chi connectivity index (χ1) is 11.2. The van der Waals surface area contributed by atoms with Crippen LogP contribution < -0.4 is 10.1 Å². The third kappa shape index (κ3) is 5.60. The van der Waals surface area contributed by atoms with E-state index in [1.165, 1.54) is 24.3 Å². The van der Waals surface area contributed by atoms with Crippen molar-refractivity contribution in [3.63, 3.8) is 0 Å². The summed E-state index contributed by atoms with van der Waals surface area (Å²) in [6.45, 7) is 2.76. The number of amides is 1. The molecule has 1 aromatic carbocycles. The van der Waals surface area contributed by atoms with Crippen LogP contribution in [0.1, 0.15) is 30.0 Å². The molecule has 0 aliphatic rings. The summed E-state index contributed by atoms with van der Waals surface area (Å²) in [5.74, 6) is 0.111. The summed E-state index contributed by atoms with van der Waals surface area (Å²) in [5, 5.41) is 9.38. The lowest BCUT2D eigenvalue weighted by Gasteiger charge is -2.09. The van der Waals surface area contributed by atoms with Crippen LogP contribution in [0.2, 0.25) is 0 Å². The Hall–Kier alpha value is -2.51. The number of benzene rings is 1. The fraction of sp³-hybridized carbons (Fsp3) is 0.375. The number of hydrogen-bond donors (Lipinski definition) is 2. The monoisotopic (exact) mass is 341 g/mol. The van der Waals surface area contributed by atoms with Gasteiger partial charge in [-0.2, -0.15) is 18.3 Å². The Kier molecular flexibility index (Phi) is 5.48. The van der Waals surface area contributed by atoms with Gasteiger partial charge >= 0.3 is 6.18 Å². The minimum Gasteiger partial charge on any atom is -0.484 e. The summed E-state index contributed by atoms with van der Waals surface area (Å²) in [6.07, 6.45) is -3.61. The van der Waals surface area contributed by atoms with Crippen LogP contribution in [0.4, 0.5) is 18.9 Å². The van der Waals surface area contributed by atoms with Gasteiger partial charge in [-0.15, -0.1) is 0 Å². The molecule has 130 valence electrons. The van der Waals surface area contributed by atoms with Crippen molar-refractivity contribution < 1.29 is 22.7 Å². The summed E-state index contributed by atoms with van der Waals surface area (Å²) < 4.78 is 40.8. The minimum atomic E-state index is -4.39. The number of nitrogens with zero attached hydrogens (tertiary/aromatic N) is 1. The highest BCUT2D eigenvalue weighted by atomic mass is 19.4. The lowest BCUT2D eigenvalue weighted by atomic mass is 10.1. The van der Waals surface area contributed by atoms with E-state index in [2.05, 4.69) is 34.1 Å². The number of alkyl halides is 3. The first-order valence-corrected chi connectivity index (χ1v) is 7.38. The largest absolute Gasteiger partial charge is 0.484 e. The van der Waals surface area contributed by atoms with Crippen LogP contribution in [0.5, 0.6) is 5.75 Å². The first-order valence-electron chi connectivity index (χ1n) is 7.38. The van der Waals surface area contributed by atoms with Gasteiger partial charge in [-0.05, 0) is 42.7 Å². The fourth-order valence-electron chi connectivity index (χ4n) is 2.02. The predicted octanol–water partition coefficient (Wildman–Crippen LogP) is 3.80. The molecule has 0 aliphatic carbocycles. The molecule has 2 rings (SSSR count). The van der Waals surface area contributed by atoms with Crippen LogP contribution in [0.15, 0.2) is 30.3 Å². The van der Waals surface area contributed by atoms with Crippen molar-refractivity contribution in [1.29, 1.82) is 0 Å². The van der Waals surface area contributed by atoms with Gasteiger partial charge in [-0.3, -0.25) is 9.89 Å². The highest BCUT2D eigenvalue weighted by molar-refractivity contribution is 6.02. The maximum atomic E-state index is 12.1. The fourth-order valence-corrected chi connectivity index (χ4v) is 2.02. The van der Waals surface area contributed by atoms with Crippen molar-refractivity contribution in [1.82, 2.24) is 10.2 Å². The maximum absolute atomic E-state index is 12.1. The quantitative estimate of drug-likeness (QED) is 0.840. The van der Waals surface area contributed by atoms with Crippen molar-refractivity contribution >= 4 is 11.6 Å².